The highest BCUT2D eigenvalue weighted by Gasteiger charge is 2.20. The minimum absolute atomic E-state index is 0.121. The lowest BCUT2D eigenvalue weighted by atomic mass is 9.99. The second-order valence-electron chi connectivity index (χ2n) is 6.85. The van der Waals surface area contributed by atoms with E-state index in [-0.39, 0.29) is 23.0 Å². The zero-order chi connectivity index (χ0) is 20.1. The molecule has 150 valence electrons. The van der Waals surface area contributed by atoms with Crippen molar-refractivity contribution < 1.29 is 22.7 Å². The summed E-state index contributed by atoms with van der Waals surface area (Å²) in [4.78, 5) is 12.3. The van der Waals surface area contributed by atoms with E-state index in [1.807, 2.05) is 24.3 Å². The van der Waals surface area contributed by atoms with Crippen LogP contribution in [0.2, 0.25) is 0 Å². The molecule has 6 nitrogen and oxygen atoms in total. The fourth-order valence-electron chi connectivity index (χ4n) is 2.92. The maximum atomic E-state index is 12.6. The lowest BCUT2D eigenvalue weighted by molar-refractivity contribution is -0.115. The Morgan fingerprint density at radius 3 is 2.43 bits per heavy atom. The fourth-order valence-corrected chi connectivity index (χ4v) is 4.17. The van der Waals surface area contributed by atoms with Gasteiger partial charge in [-0.1, -0.05) is 26.0 Å². The Morgan fingerprint density at radius 1 is 1.07 bits per heavy atom. The minimum Gasteiger partial charge on any atom is -0.486 e. The summed E-state index contributed by atoms with van der Waals surface area (Å²) in [6.45, 7) is 5.10. The van der Waals surface area contributed by atoms with Crippen LogP contribution in [0.4, 0.5) is 5.69 Å². The average Bonchev–Trinajstić information content (AvgIpc) is 2.72. The number of sulfone groups is 1. The molecule has 0 saturated heterocycles. The molecule has 3 rings (SSSR count). The summed E-state index contributed by atoms with van der Waals surface area (Å²) >= 11 is 0. The van der Waals surface area contributed by atoms with Crippen molar-refractivity contribution in [2.24, 2.45) is 0 Å². The van der Waals surface area contributed by atoms with Gasteiger partial charge in [0.15, 0.2) is 21.3 Å². The van der Waals surface area contributed by atoms with Crippen molar-refractivity contribution >= 4 is 21.4 Å². The highest BCUT2D eigenvalue weighted by Crippen LogP contribution is 2.32. The van der Waals surface area contributed by atoms with E-state index in [2.05, 4.69) is 19.2 Å². The number of fused-ring (bicyclic) bond motifs is 1. The van der Waals surface area contributed by atoms with Crippen LogP contribution in [0, 0.1) is 0 Å². The average molecular weight is 404 g/mol. The molecule has 1 amide bonds. The molecule has 28 heavy (non-hydrogen) atoms. The number of hydrogen-bond acceptors (Lipinski definition) is 5. The Morgan fingerprint density at radius 2 is 1.75 bits per heavy atom. The summed E-state index contributed by atoms with van der Waals surface area (Å²) in [5.74, 6) is 0.795. The maximum absolute atomic E-state index is 12.6. The van der Waals surface area contributed by atoms with Crippen molar-refractivity contribution in [1.29, 1.82) is 0 Å². The van der Waals surface area contributed by atoms with E-state index >= 15 is 0 Å². The summed E-state index contributed by atoms with van der Waals surface area (Å²) in [6, 6.07) is 12.2. The van der Waals surface area contributed by atoms with Gasteiger partial charge in [-0.3, -0.25) is 4.79 Å². The van der Waals surface area contributed by atoms with Gasteiger partial charge in [-0.25, -0.2) is 8.42 Å². The summed E-state index contributed by atoms with van der Waals surface area (Å²) in [7, 11) is -3.60. The van der Waals surface area contributed by atoms with E-state index in [1.165, 1.54) is 17.7 Å². The van der Waals surface area contributed by atoms with Crippen LogP contribution < -0.4 is 14.8 Å². The van der Waals surface area contributed by atoms with Crippen LogP contribution in [0.1, 0.15) is 38.2 Å². The largest absolute Gasteiger partial charge is 0.486 e. The number of rotatable bonds is 7. The number of benzene rings is 2. The molecule has 2 aromatic carbocycles. The van der Waals surface area contributed by atoms with Gasteiger partial charge in [0.05, 0.1) is 10.6 Å². The van der Waals surface area contributed by atoms with Crippen molar-refractivity contribution in [3.05, 3.63) is 48.0 Å². The minimum atomic E-state index is -3.60. The molecule has 0 unspecified atom stereocenters. The second-order valence-corrected chi connectivity index (χ2v) is 8.96. The molecule has 1 atom stereocenters. The summed E-state index contributed by atoms with van der Waals surface area (Å²) in [5, 5.41) is 2.75. The van der Waals surface area contributed by atoms with Gasteiger partial charge in [-0.05, 0) is 42.2 Å². The quantitative estimate of drug-likeness (QED) is 0.761. The maximum Gasteiger partial charge on any atom is 0.225 e. The van der Waals surface area contributed by atoms with Crippen LogP contribution >= 0.6 is 0 Å². The first-order chi connectivity index (χ1) is 13.4. The number of hydrogen-bond donors (Lipinski definition) is 1. The smallest absolute Gasteiger partial charge is 0.225 e. The molecule has 7 heteroatoms. The Bertz CT molecular complexity index is 938. The molecular weight excluding hydrogens is 378 g/mol. The molecular formula is C21H25NO5S. The third-order valence-electron chi connectivity index (χ3n) is 4.85. The van der Waals surface area contributed by atoms with Gasteiger partial charge in [0.2, 0.25) is 5.91 Å². The van der Waals surface area contributed by atoms with Gasteiger partial charge in [0, 0.05) is 18.2 Å². The second kappa shape index (κ2) is 8.65. The Labute approximate surface area is 165 Å². The molecule has 0 aliphatic carbocycles. The van der Waals surface area contributed by atoms with Crippen LogP contribution in [-0.4, -0.2) is 33.3 Å². The Kier molecular flexibility index (Phi) is 6.24. The molecule has 0 spiro atoms. The third-order valence-corrected chi connectivity index (χ3v) is 6.56. The molecule has 1 aliphatic rings. The van der Waals surface area contributed by atoms with Crippen molar-refractivity contribution in [2.75, 3.05) is 24.3 Å². The predicted octanol–water partition coefficient (Wildman–Crippen LogP) is 3.77. The van der Waals surface area contributed by atoms with Crippen molar-refractivity contribution in [3.8, 4) is 11.5 Å². The number of amides is 1. The zero-order valence-corrected chi connectivity index (χ0v) is 16.9. The summed E-state index contributed by atoms with van der Waals surface area (Å²) in [6.07, 6.45) is 0.924. The van der Waals surface area contributed by atoms with Gasteiger partial charge >= 0.3 is 0 Å². The van der Waals surface area contributed by atoms with E-state index < -0.39 is 9.84 Å². The van der Waals surface area contributed by atoms with Gasteiger partial charge in [-0.2, -0.15) is 0 Å². The van der Waals surface area contributed by atoms with Gasteiger partial charge < -0.3 is 14.8 Å². The Balaban J connectivity index is 1.59. The highest BCUT2D eigenvalue weighted by atomic mass is 32.2. The number of ether oxygens (including phenoxy) is 2. The normalized spacial score (nSPS) is 14.4. The Hall–Kier alpha value is -2.54. The number of carbonyl (C=O) groups is 1. The van der Waals surface area contributed by atoms with E-state index in [4.69, 9.17) is 9.47 Å². The molecule has 1 N–H and O–H groups in total. The van der Waals surface area contributed by atoms with Gasteiger partial charge in [-0.15, -0.1) is 0 Å². The van der Waals surface area contributed by atoms with E-state index in [1.54, 1.807) is 6.07 Å². The first kappa shape index (κ1) is 20.2. The van der Waals surface area contributed by atoms with E-state index in [0.717, 1.165) is 6.42 Å². The van der Waals surface area contributed by atoms with Crippen molar-refractivity contribution in [3.63, 3.8) is 0 Å². The molecule has 0 aromatic heterocycles. The van der Waals surface area contributed by atoms with Crippen LogP contribution in [0.25, 0.3) is 0 Å². The number of anilines is 1. The van der Waals surface area contributed by atoms with Crippen molar-refractivity contribution in [1.82, 2.24) is 0 Å². The highest BCUT2D eigenvalue weighted by molar-refractivity contribution is 7.91. The van der Waals surface area contributed by atoms with Crippen LogP contribution in [0.3, 0.4) is 0 Å². The van der Waals surface area contributed by atoms with E-state index in [0.29, 0.717) is 36.3 Å². The molecule has 0 saturated carbocycles. The zero-order valence-electron chi connectivity index (χ0n) is 16.1. The summed E-state index contributed by atoms with van der Waals surface area (Å²) < 4.78 is 35.9. The summed E-state index contributed by atoms with van der Waals surface area (Å²) in [5.41, 5.74) is 1.87. The third kappa shape index (κ3) is 4.84. The predicted molar refractivity (Wildman–Crippen MR) is 108 cm³/mol. The van der Waals surface area contributed by atoms with Gasteiger partial charge in [0.25, 0.3) is 0 Å². The van der Waals surface area contributed by atoms with Crippen molar-refractivity contribution in [2.45, 2.75) is 37.5 Å². The van der Waals surface area contributed by atoms with Crippen LogP contribution in [-0.2, 0) is 14.6 Å². The number of carbonyl (C=O) groups excluding carboxylic acids is 1. The molecule has 0 fully saturated rings. The first-order valence-electron chi connectivity index (χ1n) is 9.41. The van der Waals surface area contributed by atoms with Crippen LogP contribution in [0.5, 0.6) is 11.5 Å². The van der Waals surface area contributed by atoms with Gasteiger partial charge in [0.1, 0.15) is 13.2 Å². The first-order valence-corrected chi connectivity index (χ1v) is 11.1. The molecule has 0 bridgehead atoms. The lowest BCUT2D eigenvalue weighted by Gasteiger charge is -2.18. The van der Waals surface area contributed by atoms with E-state index in [9.17, 15) is 13.2 Å². The monoisotopic (exact) mass is 403 g/mol. The topological polar surface area (TPSA) is 81.7 Å². The molecule has 2 aromatic rings. The number of nitrogens with one attached hydrogen (secondary N) is 1. The standard InChI is InChI=1S/C21H25NO5S/c1-3-15(2)16-4-6-17(7-5-16)22-21(23)10-13-28(24,25)18-8-9-19-20(14-18)27-12-11-26-19/h4-9,14-15H,3,10-13H2,1-2H3,(H,22,23)/t15-/m1/s1. The molecule has 1 aliphatic heterocycles. The SMILES string of the molecule is CC[C@@H](C)c1ccc(NC(=O)CCS(=O)(=O)c2ccc3c(c2)OCCO3)cc1. The molecule has 1 heterocycles. The lowest BCUT2D eigenvalue weighted by Crippen LogP contribution is -2.18. The fraction of sp³-hybridized carbons (Fsp3) is 0.381. The molecule has 0 radical (unpaired) electrons. The van der Waals surface area contributed by atoms with Crippen LogP contribution in [0.15, 0.2) is 47.4 Å².